The van der Waals surface area contributed by atoms with Crippen molar-refractivity contribution < 1.29 is 63.0 Å². The fourth-order valence-electron chi connectivity index (χ4n) is 7.34. The van der Waals surface area contributed by atoms with Gasteiger partial charge in [-0.05, 0) is 49.2 Å². The van der Waals surface area contributed by atoms with Crippen molar-refractivity contribution in [2.45, 2.75) is 63.0 Å². The maximum atomic E-state index is 13.8. The summed E-state index contributed by atoms with van der Waals surface area (Å²) < 4.78 is 21.9. The normalized spacial score (nSPS) is 31.6. The van der Waals surface area contributed by atoms with Crippen molar-refractivity contribution in [3.8, 4) is 22.6 Å². The van der Waals surface area contributed by atoms with Gasteiger partial charge in [-0.25, -0.2) is 0 Å². The van der Waals surface area contributed by atoms with Gasteiger partial charge in [0.25, 0.3) is 0 Å². The quantitative estimate of drug-likeness (QED) is 0.392. The molecular weight excluding hydrogens is 592 g/mol. The van der Waals surface area contributed by atoms with Crippen LogP contribution >= 0.6 is 0 Å². The van der Waals surface area contributed by atoms with E-state index in [1.807, 2.05) is 0 Å². The van der Waals surface area contributed by atoms with Crippen LogP contribution in [-0.4, -0.2) is 86.7 Å². The molecule has 0 bridgehead atoms. The van der Waals surface area contributed by atoms with Crippen LogP contribution in [0.1, 0.15) is 68.1 Å². The summed E-state index contributed by atoms with van der Waals surface area (Å²) in [6.07, 6.45) is -5.26. The first-order chi connectivity index (χ1) is 21.3. The van der Waals surface area contributed by atoms with Gasteiger partial charge in [-0.2, -0.15) is 0 Å². The fraction of sp³-hybridized carbons (Fsp3) is 0.312. The number of Topliss-reactive ketones (excluding diaryl/α,β-unsaturated/α-hetero) is 4. The molecule has 8 rings (SSSR count). The first-order valence-electron chi connectivity index (χ1n) is 14.1. The largest absolute Gasteiger partial charge is 0.507 e. The van der Waals surface area contributed by atoms with Crippen LogP contribution in [0.15, 0.2) is 46.6 Å². The van der Waals surface area contributed by atoms with Crippen LogP contribution in [0.5, 0.6) is 11.5 Å². The molecule has 6 atom stereocenters. The number of ether oxygens (including phenoxy) is 4. The van der Waals surface area contributed by atoms with E-state index in [2.05, 4.69) is 0 Å². The first-order valence-corrected chi connectivity index (χ1v) is 14.1. The van der Waals surface area contributed by atoms with E-state index in [0.717, 1.165) is 6.07 Å². The second-order valence-corrected chi connectivity index (χ2v) is 12.0. The van der Waals surface area contributed by atoms with Gasteiger partial charge >= 0.3 is 11.9 Å². The Morgan fingerprint density at radius 1 is 0.689 bits per heavy atom. The van der Waals surface area contributed by atoms with Gasteiger partial charge in [0.15, 0.2) is 41.1 Å². The summed E-state index contributed by atoms with van der Waals surface area (Å²) >= 11 is 0. The Morgan fingerprint density at radius 3 is 1.80 bits per heavy atom. The van der Waals surface area contributed by atoms with Crippen molar-refractivity contribution in [3.05, 3.63) is 68.8 Å². The van der Waals surface area contributed by atoms with Crippen LogP contribution in [0.4, 0.5) is 0 Å². The van der Waals surface area contributed by atoms with E-state index in [9.17, 15) is 44.1 Å². The third-order valence-electron chi connectivity index (χ3n) is 9.16. The molecule has 4 heterocycles. The molecule has 1 unspecified atom stereocenters. The number of aromatic hydroxyl groups is 2. The number of fused-ring (bicyclic) bond motifs is 6. The summed E-state index contributed by atoms with van der Waals surface area (Å²) in [6.45, 7) is 2.74. The van der Waals surface area contributed by atoms with E-state index in [1.165, 1.54) is 25.1 Å². The second-order valence-electron chi connectivity index (χ2n) is 12.0. The molecule has 2 saturated heterocycles. The number of benzene rings is 2. The highest BCUT2D eigenvalue weighted by Gasteiger charge is 2.56. The summed E-state index contributed by atoms with van der Waals surface area (Å²) in [7, 11) is 0. The van der Waals surface area contributed by atoms with Gasteiger partial charge in [0.1, 0.15) is 23.7 Å². The molecule has 0 spiro atoms. The van der Waals surface area contributed by atoms with Crippen molar-refractivity contribution >= 4 is 35.1 Å². The Bertz CT molecular complexity index is 1960. The number of ketones is 4. The molecule has 228 valence electrons. The van der Waals surface area contributed by atoms with Gasteiger partial charge < -0.3 is 34.3 Å². The molecule has 2 aliphatic carbocycles. The maximum Gasteiger partial charge on any atom is 0.309 e. The maximum absolute atomic E-state index is 13.8. The lowest BCUT2D eigenvalue weighted by atomic mass is 9.74. The minimum Gasteiger partial charge on any atom is -0.507 e. The predicted molar refractivity (Wildman–Crippen MR) is 145 cm³/mol. The molecule has 2 aromatic carbocycles. The van der Waals surface area contributed by atoms with Crippen LogP contribution in [0, 0.1) is 0 Å². The number of phenols is 2. The van der Waals surface area contributed by atoms with Crippen molar-refractivity contribution in [2.24, 2.45) is 0 Å². The van der Waals surface area contributed by atoms with E-state index in [-0.39, 0.29) is 62.9 Å². The van der Waals surface area contributed by atoms with Gasteiger partial charge in [0, 0.05) is 16.7 Å². The molecule has 13 nitrogen and oxygen atoms in total. The molecule has 45 heavy (non-hydrogen) atoms. The molecule has 3 N–H and O–H groups in total. The lowest BCUT2D eigenvalue weighted by Gasteiger charge is -2.40. The lowest BCUT2D eigenvalue weighted by Crippen LogP contribution is -2.51. The van der Waals surface area contributed by atoms with Gasteiger partial charge in [-0.3, -0.25) is 28.8 Å². The van der Waals surface area contributed by atoms with Crippen LogP contribution < -0.4 is 0 Å². The summed E-state index contributed by atoms with van der Waals surface area (Å²) in [4.78, 5) is 78.9. The molecule has 0 amide bonds. The highest BCUT2D eigenvalue weighted by molar-refractivity contribution is 6.30. The van der Waals surface area contributed by atoms with E-state index in [4.69, 9.17) is 18.9 Å². The molecule has 2 fully saturated rings. The standard InChI is InChI=1S/C32H22O13/c1-9-20-23(30-16(42-9)7-18(35)43-30)28(39)21-12(26(20)37)3-10(5-14(21)33)11-4-13-22(15(34)6-11)29(40)24-25(27(13)38)32(2,41)45-17-8-19(36)44-31(17)24/h3-6,9,16-17,30-31,33-34,41H,7-8H2,1-2H3/t9-,16-,17-,30+,31?,32-/m0/s1. The first kappa shape index (κ1) is 27.6. The Kier molecular flexibility index (Phi) is 5.39. The average molecular weight is 615 g/mol. The number of aliphatic hydroxyl groups is 1. The highest BCUT2D eigenvalue weighted by Crippen LogP contribution is 2.48. The average Bonchev–Trinajstić information content (AvgIpc) is 3.51. The van der Waals surface area contributed by atoms with Gasteiger partial charge in [-0.1, -0.05) is 0 Å². The van der Waals surface area contributed by atoms with Crippen LogP contribution in [-0.2, 0) is 28.5 Å². The number of hydrogen-bond donors (Lipinski definition) is 3. The molecule has 6 aliphatic rings. The Morgan fingerprint density at radius 2 is 1.20 bits per heavy atom. The van der Waals surface area contributed by atoms with E-state index < -0.39 is 88.5 Å². The third kappa shape index (κ3) is 3.59. The summed E-state index contributed by atoms with van der Waals surface area (Å²) in [5.74, 6) is -7.72. The second kappa shape index (κ2) is 8.81. The monoisotopic (exact) mass is 614 g/mol. The third-order valence-corrected chi connectivity index (χ3v) is 9.16. The topological polar surface area (TPSA) is 200 Å². The molecule has 0 saturated carbocycles. The summed E-state index contributed by atoms with van der Waals surface area (Å²) in [6, 6.07) is 4.88. The van der Waals surface area contributed by atoms with Gasteiger partial charge in [0.05, 0.1) is 46.8 Å². The summed E-state index contributed by atoms with van der Waals surface area (Å²) in [5, 5.41) is 33.2. The fourth-order valence-corrected chi connectivity index (χ4v) is 7.34. The molecule has 0 aromatic heterocycles. The molecule has 0 radical (unpaired) electrons. The van der Waals surface area contributed by atoms with Crippen LogP contribution in [0.3, 0.4) is 0 Å². The number of esters is 2. The Labute approximate surface area is 252 Å². The number of carbonyl (C=O) groups excluding carboxylic acids is 6. The van der Waals surface area contributed by atoms with Gasteiger partial charge in [-0.15, -0.1) is 0 Å². The van der Waals surface area contributed by atoms with Crippen LogP contribution in [0.2, 0.25) is 0 Å². The summed E-state index contributed by atoms with van der Waals surface area (Å²) in [5.41, 5.74) is -1.69. The molecule has 4 aliphatic heterocycles. The number of rotatable bonds is 1. The predicted octanol–water partition coefficient (Wildman–Crippen LogP) is 1.64. The number of phenolic OH excluding ortho intramolecular Hbond substituents is 2. The molecule has 2 aromatic rings. The van der Waals surface area contributed by atoms with Crippen molar-refractivity contribution in [1.29, 1.82) is 0 Å². The SMILES string of the molecule is C[C@@H]1O[C@H]2CC(=O)O[C@H]2C2=C1C(=O)c1cc(-c3cc(O)c4c(c3)C(=O)C3=C(C4=O)C4OC(=O)C[C@@H]4O[C@]3(C)O)cc(O)c1C2=O. The number of carbonyl (C=O) groups is 6. The lowest BCUT2D eigenvalue weighted by molar-refractivity contribution is -0.206. The minimum absolute atomic E-state index is 0.000948. The Hall–Kier alpha value is -4.98. The zero-order valence-electron chi connectivity index (χ0n) is 23.5. The highest BCUT2D eigenvalue weighted by atomic mass is 16.7. The van der Waals surface area contributed by atoms with Gasteiger partial charge in [0.2, 0.25) is 0 Å². The zero-order chi connectivity index (χ0) is 31.9. The molecular formula is C32H22O13. The van der Waals surface area contributed by atoms with E-state index in [0.29, 0.717) is 0 Å². The number of hydrogen-bond acceptors (Lipinski definition) is 13. The zero-order valence-corrected chi connectivity index (χ0v) is 23.5. The smallest absolute Gasteiger partial charge is 0.309 e. The Balaban J connectivity index is 1.24. The van der Waals surface area contributed by atoms with Crippen molar-refractivity contribution in [1.82, 2.24) is 0 Å². The van der Waals surface area contributed by atoms with E-state index >= 15 is 0 Å². The van der Waals surface area contributed by atoms with E-state index in [1.54, 1.807) is 6.92 Å². The van der Waals surface area contributed by atoms with Crippen molar-refractivity contribution in [3.63, 3.8) is 0 Å². The van der Waals surface area contributed by atoms with Crippen molar-refractivity contribution in [2.75, 3.05) is 0 Å². The minimum atomic E-state index is -2.26. The molecule has 13 heteroatoms. The van der Waals surface area contributed by atoms with Crippen LogP contribution in [0.25, 0.3) is 11.1 Å².